The van der Waals surface area contributed by atoms with E-state index in [1.54, 1.807) is 13.2 Å². The van der Waals surface area contributed by atoms with Gasteiger partial charge in [0.1, 0.15) is 0 Å². The summed E-state index contributed by atoms with van der Waals surface area (Å²) >= 11 is 3.40. The monoisotopic (exact) mass is 348 g/mol. The van der Waals surface area contributed by atoms with Gasteiger partial charge in [-0.3, -0.25) is 4.79 Å². The van der Waals surface area contributed by atoms with Crippen molar-refractivity contribution in [3.05, 3.63) is 57.6 Å². The summed E-state index contributed by atoms with van der Waals surface area (Å²) < 4.78 is 11.6. The molecule has 0 fully saturated rings. The molecule has 21 heavy (non-hydrogen) atoms. The van der Waals surface area contributed by atoms with Gasteiger partial charge in [0, 0.05) is 5.56 Å². The quantitative estimate of drug-likeness (QED) is 0.754. The van der Waals surface area contributed by atoms with E-state index in [0.29, 0.717) is 17.1 Å². The maximum Gasteiger partial charge on any atom is 0.200 e. The molecule has 0 saturated carbocycles. The largest absolute Gasteiger partial charge is 0.493 e. The summed E-state index contributed by atoms with van der Waals surface area (Å²) in [4.78, 5) is 12.3. The van der Waals surface area contributed by atoms with Gasteiger partial charge in [0.25, 0.3) is 0 Å². The molecule has 0 saturated heterocycles. The van der Waals surface area contributed by atoms with E-state index in [1.165, 1.54) is 0 Å². The molecule has 0 aromatic heterocycles. The SMILES string of the molecule is COc1cccc(Br)c1OCC(=O)c1ccc(C)cc1C. The summed E-state index contributed by atoms with van der Waals surface area (Å²) in [5.41, 5.74) is 2.78. The first-order chi connectivity index (χ1) is 10.0. The first-order valence-corrected chi connectivity index (χ1v) is 7.38. The van der Waals surface area contributed by atoms with E-state index < -0.39 is 0 Å². The third kappa shape index (κ3) is 3.64. The van der Waals surface area contributed by atoms with E-state index in [0.717, 1.165) is 15.6 Å². The fourth-order valence-electron chi connectivity index (χ4n) is 2.13. The molecule has 0 aliphatic heterocycles. The molecular weight excluding hydrogens is 332 g/mol. The van der Waals surface area contributed by atoms with Crippen LogP contribution in [0.25, 0.3) is 0 Å². The van der Waals surface area contributed by atoms with Gasteiger partial charge < -0.3 is 9.47 Å². The van der Waals surface area contributed by atoms with Gasteiger partial charge in [-0.25, -0.2) is 0 Å². The second-order valence-electron chi connectivity index (χ2n) is 4.80. The van der Waals surface area contributed by atoms with Crippen LogP contribution in [-0.4, -0.2) is 19.5 Å². The normalized spacial score (nSPS) is 10.3. The van der Waals surface area contributed by atoms with Crippen LogP contribution in [0, 0.1) is 13.8 Å². The van der Waals surface area contributed by atoms with E-state index in [1.807, 2.05) is 44.2 Å². The van der Waals surface area contributed by atoms with Gasteiger partial charge in [-0.15, -0.1) is 0 Å². The van der Waals surface area contributed by atoms with E-state index >= 15 is 0 Å². The third-order valence-corrected chi connectivity index (χ3v) is 3.81. The lowest BCUT2D eigenvalue weighted by Gasteiger charge is -2.12. The van der Waals surface area contributed by atoms with Crippen LogP contribution in [0.2, 0.25) is 0 Å². The first-order valence-electron chi connectivity index (χ1n) is 6.58. The molecule has 0 aliphatic carbocycles. The summed E-state index contributed by atoms with van der Waals surface area (Å²) in [6.07, 6.45) is 0. The molecule has 4 heteroatoms. The predicted octanol–water partition coefficient (Wildman–Crippen LogP) is 4.34. The van der Waals surface area contributed by atoms with Gasteiger partial charge in [0.2, 0.25) is 0 Å². The van der Waals surface area contributed by atoms with E-state index in [2.05, 4.69) is 15.9 Å². The van der Waals surface area contributed by atoms with Crippen LogP contribution in [0.15, 0.2) is 40.9 Å². The zero-order valence-corrected chi connectivity index (χ0v) is 13.9. The number of carbonyl (C=O) groups excluding carboxylic acids is 1. The Morgan fingerprint density at radius 2 is 1.95 bits per heavy atom. The van der Waals surface area contributed by atoms with Crippen LogP contribution >= 0.6 is 15.9 Å². The van der Waals surface area contributed by atoms with Crippen molar-refractivity contribution < 1.29 is 14.3 Å². The molecule has 0 aliphatic rings. The van der Waals surface area contributed by atoms with Crippen molar-refractivity contribution in [2.45, 2.75) is 13.8 Å². The number of benzene rings is 2. The van der Waals surface area contributed by atoms with Gasteiger partial charge in [-0.2, -0.15) is 0 Å². The van der Waals surface area contributed by atoms with Crippen molar-refractivity contribution in [2.24, 2.45) is 0 Å². The Labute approximate surface area is 133 Å². The summed E-state index contributed by atoms with van der Waals surface area (Å²) in [7, 11) is 1.57. The van der Waals surface area contributed by atoms with Crippen molar-refractivity contribution in [1.29, 1.82) is 0 Å². The van der Waals surface area contributed by atoms with Crippen LogP contribution in [0.3, 0.4) is 0 Å². The van der Waals surface area contributed by atoms with Crippen molar-refractivity contribution >= 4 is 21.7 Å². The van der Waals surface area contributed by atoms with Crippen LogP contribution < -0.4 is 9.47 Å². The number of carbonyl (C=O) groups is 1. The maximum absolute atomic E-state index is 12.3. The predicted molar refractivity (Wildman–Crippen MR) is 86.4 cm³/mol. The molecular formula is C17H17BrO3. The van der Waals surface area contributed by atoms with Gasteiger partial charge >= 0.3 is 0 Å². The number of ketones is 1. The average molecular weight is 349 g/mol. The molecule has 0 atom stereocenters. The minimum Gasteiger partial charge on any atom is -0.493 e. The number of Topliss-reactive ketones (excluding diaryl/α,β-unsaturated/α-hetero) is 1. The van der Waals surface area contributed by atoms with Crippen molar-refractivity contribution in [3.8, 4) is 11.5 Å². The van der Waals surface area contributed by atoms with Gasteiger partial charge in [0.15, 0.2) is 23.9 Å². The Balaban J connectivity index is 2.15. The number of rotatable bonds is 5. The molecule has 0 unspecified atom stereocenters. The number of halogens is 1. The second-order valence-corrected chi connectivity index (χ2v) is 5.66. The van der Waals surface area contributed by atoms with Crippen molar-refractivity contribution in [1.82, 2.24) is 0 Å². The second kappa shape index (κ2) is 6.76. The lowest BCUT2D eigenvalue weighted by atomic mass is 10.0. The number of methoxy groups -OCH3 is 1. The number of hydrogen-bond acceptors (Lipinski definition) is 3. The standard InChI is InChI=1S/C17H17BrO3/c1-11-7-8-13(12(2)9-11)15(19)10-21-17-14(18)5-4-6-16(17)20-3/h4-9H,10H2,1-3H3. The van der Waals surface area contributed by atoms with Crippen LogP contribution in [-0.2, 0) is 0 Å². The fourth-order valence-corrected chi connectivity index (χ4v) is 2.59. The molecule has 3 nitrogen and oxygen atoms in total. The van der Waals surface area contributed by atoms with E-state index in [-0.39, 0.29) is 12.4 Å². The zero-order valence-electron chi connectivity index (χ0n) is 12.3. The Morgan fingerprint density at radius 1 is 1.19 bits per heavy atom. The number of aryl methyl sites for hydroxylation is 2. The van der Waals surface area contributed by atoms with Crippen molar-refractivity contribution in [3.63, 3.8) is 0 Å². The summed E-state index contributed by atoms with van der Waals surface area (Å²) in [6, 6.07) is 11.3. The van der Waals surface area contributed by atoms with Gasteiger partial charge in [-0.1, -0.05) is 29.8 Å². The number of hydrogen-bond donors (Lipinski definition) is 0. The highest BCUT2D eigenvalue weighted by atomic mass is 79.9. The molecule has 2 aromatic carbocycles. The van der Waals surface area contributed by atoms with E-state index in [9.17, 15) is 4.79 Å². The maximum atomic E-state index is 12.3. The highest BCUT2D eigenvalue weighted by Crippen LogP contribution is 2.34. The van der Waals surface area contributed by atoms with Crippen LogP contribution in [0.4, 0.5) is 0 Å². The van der Waals surface area contributed by atoms with Crippen LogP contribution in [0.5, 0.6) is 11.5 Å². The molecule has 0 amide bonds. The third-order valence-electron chi connectivity index (χ3n) is 3.18. The lowest BCUT2D eigenvalue weighted by molar-refractivity contribution is 0.0918. The fraction of sp³-hybridized carbons (Fsp3) is 0.235. The molecule has 0 bridgehead atoms. The lowest BCUT2D eigenvalue weighted by Crippen LogP contribution is -2.13. The van der Waals surface area contributed by atoms with Gasteiger partial charge in [-0.05, 0) is 47.5 Å². The first kappa shape index (κ1) is 15.6. The molecule has 0 radical (unpaired) electrons. The Morgan fingerprint density at radius 3 is 2.62 bits per heavy atom. The summed E-state index contributed by atoms with van der Waals surface area (Å²) in [6.45, 7) is 3.91. The molecule has 0 heterocycles. The summed E-state index contributed by atoms with van der Waals surface area (Å²) in [5.74, 6) is 1.08. The molecule has 2 rings (SSSR count). The topological polar surface area (TPSA) is 35.5 Å². The Kier molecular flexibility index (Phi) is 5.02. The molecule has 2 aromatic rings. The number of ether oxygens (including phenoxy) is 2. The average Bonchev–Trinajstić information content (AvgIpc) is 2.45. The highest BCUT2D eigenvalue weighted by Gasteiger charge is 2.13. The van der Waals surface area contributed by atoms with Crippen LogP contribution in [0.1, 0.15) is 21.5 Å². The molecule has 0 N–H and O–H groups in total. The van der Waals surface area contributed by atoms with E-state index in [4.69, 9.17) is 9.47 Å². The number of para-hydroxylation sites is 1. The van der Waals surface area contributed by atoms with Crippen molar-refractivity contribution in [2.75, 3.05) is 13.7 Å². The minimum absolute atomic E-state index is 0.0249. The molecule has 110 valence electrons. The Hall–Kier alpha value is -1.81. The highest BCUT2D eigenvalue weighted by molar-refractivity contribution is 9.10. The Bertz CT molecular complexity index is 665. The minimum atomic E-state index is -0.0506. The smallest absolute Gasteiger partial charge is 0.200 e. The summed E-state index contributed by atoms with van der Waals surface area (Å²) in [5, 5.41) is 0. The zero-order chi connectivity index (χ0) is 15.4. The molecule has 0 spiro atoms. The van der Waals surface area contributed by atoms with Gasteiger partial charge in [0.05, 0.1) is 11.6 Å².